The third-order valence-corrected chi connectivity index (χ3v) is 4.72. The molecule has 0 bridgehead atoms. The van der Waals surface area contributed by atoms with Crippen LogP contribution >= 0.6 is 12.4 Å². The highest BCUT2D eigenvalue weighted by Crippen LogP contribution is 2.29. The van der Waals surface area contributed by atoms with E-state index in [1.54, 1.807) is 18.2 Å². The fourth-order valence-corrected chi connectivity index (χ4v) is 3.26. The minimum absolute atomic E-state index is 0. The third kappa shape index (κ3) is 4.17. The van der Waals surface area contributed by atoms with Crippen LogP contribution in [0.3, 0.4) is 0 Å². The van der Waals surface area contributed by atoms with Gasteiger partial charge in [-0.15, -0.1) is 12.4 Å². The fourth-order valence-electron chi connectivity index (χ4n) is 3.26. The Morgan fingerprint density at radius 2 is 1.64 bits per heavy atom. The Bertz CT molecular complexity index is 744. The van der Waals surface area contributed by atoms with E-state index in [9.17, 15) is 13.6 Å². The molecule has 0 unspecified atom stereocenters. The minimum atomic E-state index is -0.598. The molecule has 0 saturated heterocycles. The van der Waals surface area contributed by atoms with E-state index >= 15 is 0 Å². The fraction of sp³-hybridized carbons (Fsp3) is 0.316. The Kier molecular flexibility index (Phi) is 6.14. The number of amides is 1. The van der Waals surface area contributed by atoms with Gasteiger partial charge in [-0.2, -0.15) is 0 Å². The van der Waals surface area contributed by atoms with Gasteiger partial charge < -0.3 is 11.1 Å². The first-order valence-corrected chi connectivity index (χ1v) is 8.11. The zero-order chi connectivity index (χ0) is 17.2. The van der Waals surface area contributed by atoms with Crippen LogP contribution in [0.5, 0.6) is 0 Å². The molecule has 25 heavy (non-hydrogen) atoms. The molecule has 0 spiro atoms. The third-order valence-electron chi connectivity index (χ3n) is 4.72. The Morgan fingerprint density at radius 1 is 1.04 bits per heavy atom. The topological polar surface area (TPSA) is 55.1 Å². The molecule has 1 amide bonds. The van der Waals surface area contributed by atoms with Gasteiger partial charge in [0.2, 0.25) is 0 Å². The van der Waals surface area contributed by atoms with E-state index in [0.29, 0.717) is 17.7 Å². The van der Waals surface area contributed by atoms with Crippen LogP contribution in [-0.4, -0.2) is 18.0 Å². The molecule has 0 aromatic heterocycles. The second-order valence-corrected chi connectivity index (χ2v) is 6.35. The van der Waals surface area contributed by atoms with Gasteiger partial charge >= 0.3 is 0 Å². The van der Waals surface area contributed by atoms with Gasteiger partial charge in [-0.05, 0) is 48.2 Å². The quantitative estimate of drug-likeness (QED) is 0.857. The maximum Gasteiger partial charge on any atom is 0.254 e. The first kappa shape index (κ1) is 19.3. The Hall–Kier alpha value is -1.98. The van der Waals surface area contributed by atoms with Gasteiger partial charge in [-0.3, -0.25) is 4.79 Å². The van der Waals surface area contributed by atoms with Crippen molar-refractivity contribution in [1.82, 2.24) is 5.32 Å². The molecule has 0 heterocycles. The lowest BCUT2D eigenvalue weighted by Gasteiger charge is -2.28. The van der Waals surface area contributed by atoms with Gasteiger partial charge in [-0.1, -0.05) is 31.0 Å². The predicted molar refractivity (Wildman–Crippen MR) is 96.8 cm³/mol. The summed E-state index contributed by atoms with van der Waals surface area (Å²) in [6.07, 6.45) is 3.68. The lowest BCUT2D eigenvalue weighted by molar-refractivity contribution is 0.0899. The summed E-state index contributed by atoms with van der Waals surface area (Å²) in [7, 11) is 0. The number of carbonyl (C=O) groups is 1. The smallest absolute Gasteiger partial charge is 0.254 e. The number of nitrogens with one attached hydrogen (secondary N) is 1. The number of carbonyl (C=O) groups excluding carboxylic acids is 1. The molecule has 0 atom stereocenters. The molecular weight excluding hydrogens is 346 g/mol. The van der Waals surface area contributed by atoms with E-state index in [1.807, 2.05) is 0 Å². The molecule has 1 aliphatic rings. The summed E-state index contributed by atoms with van der Waals surface area (Å²) in [5, 5.41) is 2.91. The first-order valence-electron chi connectivity index (χ1n) is 8.11. The number of rotatable bonds is 4. The number of hydrogen-bond donors (Lipinski definition) is 2. The van der Waals surface area contributed by atoms with Crippen molar-refractivity contribution in [2.45, 2.75) is 31.2 Å². The molecule has 6 heteroatoms. The summed E-state index contributed by atoms with van der Waals surface area (Å²) >= 11 is 0. The molecule has 3 rings (SSSR count). The Morgan fingerprint density at radius 3 is 2.20 bits per heavy atom. The van der Waals surface area contributed by atoms with Crippen molar-refractivity contribution >= 4 is 18.3 Å². The largest absolute Gasteiger partial charge is 0.345 e. The van der Waals surface area contributed by atoms with Gasteiger partial charge in [0.15, 0.2) is 0 Å². The zero-order valence-corrected chi connectivity index (χ0v) is 14.5. The van der Waals surface area contributed by atoms with E-state index in [2.05, 4.69) is 5.32 Å². The van der Waals surface area contributed by atoms with Crippen molar-refractivity contribution in [2.24, 2.45) is 5.73 Å². The van der Waals surface area contributed by atoms with Crippen molar-refractivity contribution in [1.29, 1.82) is 0 Å². The summed E-state index contributed by atoms with van der Waals surface area (Å²) in [6.45, 7) is 0.355. The number of nitrogens with two attached hydrogens (primary N) is 1. The molecule has 1 saturated carbocycles. The van der Waals surface area contributed by atoms with Gasteiger partial charge in [0.25, 0.3) is 5.91 Å². The van der Waals surface area contributed by atoms with Crippen LogP contribution in [0.2, 0.25) is 0 Å². The summed E-state index contributed by atoms with van der Waals surface area (Å²) in [5.74, 6) is -1.39. The van der Waals surface area contributed by atoms with Crippen molar-refractivity contribution in [3.63, 3.8) is 0 Å². The summed E-state index contributed by atoms with van der Waals surface area (Å²) in [4.78, 5) is 12.4. The van der Waals surface area contributed by atoms with Crippen LogP contribution in [0.1, 0.15) is 36.0 Å². The van der Waals surface area contributed by atoms with Crippen molar-refractivity contribution in [3.05, 3.63) is 59.7 Å². The molecule has 0 radical (unpaired) electrons. The number of hydrogen-bond acceptors (Lipinski definition) is 2. The van der Waals surface area contributed by atoms with Crippen LogP contribution < -0.4 is 11.1 Å². The van der Waals surface area contributed by atoms with Gasteiger partial charge in [0.1, 0.15) is 11.6 Å². The van der Waals surface area contributed by atoms with Crippen LogP contribution in [-0.2, 0) is 0 Å². The van der Waals surface area contributed by atoms with E-state index in [1.165, 1.54) is 24.3 Å². The van der Waals surface area contributed by atoms with Crippen LogP contribution in [0, 0.1) is 11.6 Å². The molecule has 3 N–H and O–H groups in total. The minimum Gasteiger partial charge on any atom is -0.345 e. The zero-order valence-electron chi connectivity index (χ0n) is 13.7. The molecule has 3 nitrogen and oxygen atoms in total. The molecule has 0 aliphatic heterocycles. The highest BCUT2D eigenvalue weighted by Gasteiger charge is 2.34. The SMILES string of the molecule is Cl.NCC1(NC(=O)c2ccc(-c3ccc(F)cc3)cc2F)CCCC1. The van der Waals surface area contributed by atoms with Gasteiger partial charge in [0, 0.05) is 6.54 Å². The maximum atomic E-state index is 14.4. The van der Waals surface area contributed by atoms with Crippen molar-refractivity contribution in [3.8, 4) is 11.1 Å². The van der Waals surface area contributed by atoms with Crippen LogP contribution in [0.25, 0.3) is 11.1 Å². The van der Waals surface area contributed by atoms with Crippen LogP contribution in [0.15, 0.2) is 42.5 Å². The number of halogens is 3. The van der Waals surface area contributed by atoms with Crippen molar-refractivity contribution in [2.75, 3.05) is 6.54 Å². The summed E-state index contributed by atoms with van der Waals surface area (Å²) < 4.78 is 27.4. The van der Waals surface area contributed by atoms with E-state index in [4.69, 9.17) is 5.73 Å². The van der Waals surface area contributed by atoms with E-state index in [-0.39, 0.29) is 23.8 Å². The maximum absolute atomic E-state index is 14.4. The molecule has 2 aromatic rings. The molecule has 1 aliphatic carbocycles. The normalized spacial score (nSPS) is 15.5. The lowest BCUT2D eigenvalue weighted by atomic mass is 9.96. The average Bonchev–Trinajstić information content (AvgIpc) is 3.04. The molecule has 1 fully saturated rings. The molecule has 2 aromatic carbocycles. The van der Waals surface area contributed by atoms with Gasteiger partial charge in [0.05, 0.1) is 11.1 Å². The highest BCUT2D eigenvalue weighted by atomic mass is 35.5. The Labute approximate surface area is 152 Å². The Balaban J connectivity index is 0.00000225. The monoisotopic (exact) mass is 366 g/mol. The van der Waals surface area contributed by atoms with Gasteiger partial charge in [-0.25, -0.2) is 8.78 Å². The second-order valence-electron chi connectivity index (χ2n) is 6.35. The standard InChI is InChI=1S/C19H20F2N2O.ClH/c20-15-6-3-13(4-7-15)14-5-8-16(17(21)11-14)18(24)23-19(12-22)9-1-2-10-19;/h3-8,11H,1-2,9-10,12,22H2,(H,23,24);1H. The van der Waals surface area contributed by atoms with Crippen molar-refractivity contribution < 1.29 is 13.6 Å². The van der Waals surface area contributed by atoms with E-state index < -0.39 is 17.3 Å². The average molecular weight is 367 g/mol. The molecular formula is C19H21ClF2N2O. The summed E-state index contributed by atoms with van der Waals surface area (Å²) in [6, 6.07) is 10.2. The first-order chi connectivity index (χ1) is 11.5. The second kappa shape index (κ2) is 7.93. The summed E-state index contributed by atoms with van der Waals surface area (Å²) in [5.41, 5.74) is 6.68. The molecule has 134 valence electrons. The van der Waals surface area contributed by atoms with Crippen LogP contribution in [0.4, 0.5) is 8.78 Å². The highest BCUT2D eigenvalue weighted by molar-refractivity contribution is 5.95. The lowest BCUT2D eigenvalue weighted by Crippen LogP contribution is -2.51. The van der Waals surface area contributed by atoms with E-state index in [0.717, 1.165) is 25.7 Å². The number of benzene rings is 2. The predicted octanol–water partition coefficient (Wildman–Crippen LogP) is 4.05.